The van der Waals surface area contributed by atoms with Gasteiger partial charge >= 0.3 is 12.2 Å². The van der Waals surface area contributed by atoms with E-state index in [0.717, 1.165) is 25.0 Å². The van der Waals surface area contributed by atoms with Gasteiger partial charge in [0.1, 0.15) is 11.4 Å². The second-order valence-electron chi connectivity index (χ2n) is 9.37. The molecule has 0 radical (unpaired) electrons. The Hall–Kier alpha value is -3.17. The number of amides is 2. The Labute approximate surface area is 217 Å². The van der Waals surface area contributed by atoms with Gasteiger partial charge in [0, 0.05) is 24.7 Å². The number of rotatable bonds is 6. The summed E-state index contributed by atoms with van der Waals surface area (Å²) in [6.45, 7) is 0. The molecule has 1 heterocycles. The van der Waals surface area contributed by atoms with E-state index in [9.17, 15) is 22.4 Å². The lowest BCUT2D eigenvalue weighted by Gasteiger charge is -2.37. The van der Waals surface area contributed by atoms with Crippen LogP contribution < -0.4 is 16.4 Å². The van der Waals surface area contributed by atoms with Gasteiger partial charge in [-0.2, -0.15) is 13.2 Å². The minimum atomic E-state index is -4.80. The highest BCUT2D eigenvalue weighted by Gasteiger charge is 2.41. The smallest absolute Gasteiger partial charge is 0.335 e. The fraction of sp³-hybridized carbons (Fsp3) is 0.333. The van der Waals surface area contributed by atoms with Crippen LogP contribution in [0.25, 0.3) is 0 Å². The number of benzene rings is 2. The summed E-state index contributed by atoms with van der Waals surface area (Å²) in [7, 11) is 0. The standard InChI is InChI=1S/C27H27ClF4N4O/c28-20-6-11-24(34-16-20)26(15-17-4-2-1-3-5-17,18-12-19(27(30,31)32)14-21(29)13-18)36-25(37)35-23-9-7-22(33)8-10-23/h1-6,11-14,16,22-23H,7-10,15,33H2,(H2,35,36,37)/t22?,23?,26-/m0/s1. The molecule has 1 aliphatic carbocycles. The van der Waals surface area contributed by atoms with Crippen molar-refractivity contribution >= 4 is 17.6 Å². The van der Waals surface area contributed by atoms with Gasteiger partial charge in [0.2, 0.25) is 0 Å². The minimum Gasteiger partial charge on any atom is -0.335 e. The van der Waals surface area contributed by atoms with Gasteiger partial charge in [-0.3, -0.25) is 4.98 Å². The molecule has 3 aromatic rings. The number of hydrogen-bond donors (Lipinski definition) is 3. The summed E-state index contributed by atoms with van der Waals surface area (Å²) in [5, 5.41) is 6.09. The fourth-order valence-corrected chi connectivity index (χ4v) is 4.84. The van der Waals surface area contributed by atoms with Crippen LogP contribution in [0.4, 0.5) is 22.4 Å². The molecule has 0 bridgehead atoms. The summed E-state index contributed by atoms with van der Waals surface area (Å²) >= 11 is 6.04. The lowest BCUT2D eigenvalue weighted by Crippen LogP contribution is -2.55. The van der Waals surface area contributed by atoms with Crippen LogP contribution in [0.3, 0.4) is 0 Å². The van der Waals surface area contributed by atoms with Crippen molar-refractivity contribution < 1.29 is 22.4 Å². The van der Waals surface area contributed by atoms with E-state index in [1.807, 2.05) is 0 Å². The molecule has 1 saturated carbocycles. The molecule has 37 heavy (non-hydrogen) atoms. The van der Waals surface area contributed by atoms with Crippen molar-refractivity contribution in [2.75, 3.05) is 0 Å². The number of nitrogens with two attached hydrogens (primary N) is 1. The van der Waals surface area contributed by atoms with Gasteiger partial charge in [-0.05, 0) is 67.1 Å². The predicted octanol–water partition coefficient (Wildman–Crippen LogP) is 5.95. The number of halogens is 5. The number of carbonyl (C=O) groups is 1. The molecule has 5 nitrogen and oxygen atoms in total. The van der Waals surface area contributed by atoms with Crippen LogP contribution in [-0.4, -0.2) is 23.1 Å². The zero-order chi connectivity index (χ0) is 26.6. The average molecular weight is 535 g/mol. The molecule has 1 fully saturated rings. The SMILES string of the molecule is NC1CCC(NC(=O)N[C@@](Cc2ccccc2)(c2cc(F)cc(C(F)(F)F)c2)c2ccc(Cl)cn2)CC1. The Kier molecular flexibility index (Phi) is 8.04. The van der Waals surface area contributed by atoms with E-state index in [1.54, 1.807) is 30.3 Å². The third-order valence-electron chi connectivity index (χ3n) is 6.63. The minimum absolute atomic E-state index is 0.00613. The maximum atomic E-state index is 14.7. The molecule has 1 atom stereocenters. The molecule has 1 aromatic heterocycles. The normalized spacial score (nSPS) is 19.6. The summed E-state index contributed by atoms with van der Waals surface area (Å²) in [6, 6.07) is 13.5. The van der Waals surface area contributed by atoms with Gasteiger partial charge in [0.05, 0.1) is 16.3 Å². The molecule has 0 saturated heterocycles. The molecule has 0 aliphatic heterocycles. The molecule has 0 unspecified atom stereocenters. The zero-order valence-electron chi connectivity index (χ0n) is 19.9. The summed E-state index contributed by atoms with van der Waals surface area (Å²) in [5.41, 5.74) is 3.96. The Morgan fingerprint density at radius 1 is 1.00 bits per heavy atom. The van der Waals surface area contributed by atoms with E-state index in [-0.39, 0.29) is 29.8 Å². The number of alkyl halides is 3. The number of aromatic nitrogens is 1. The van der Waals surface area contributed by atoms with Crippen LogP contribution in [0, 0.1) is 5.82 Å². The molecule has 2 aromatic carbocycles. The highest BCUT2D eigenvalue weighted by atomic mass is 35.5. The van der Waals surface area contributed by atoms with Gasteiger partial charge < -0.3 is 16.4 Å². The first-order chi connectivity index (χ1) is 17.5. The number of nitrogens with one attached hydrogen (secondary N) is 2. The Morgan fingerprint density at radius 2 is 1.68 bits per heavy atom. The molecule has 4 rings (SSSR count). The number of urea groups is 1. The van der Waals surface area contributed by atoms with Crippen LogP contribution in [0.1, 0.15) is 48.1 Å². The van der Waals surface area contributed by atoms with Gasteiger partial charge in [0.15, 0.2) is 0 Å². The fourth-order valence-electron chi connectivity index (χ4n) is 4.73. The predicted molar refractivity (Wildman–Crippen MR) is 133 cm³/mol. The topological polar surface area (TPSA) is 80.0 Å². The largest absolute Gasteiger partial charge is 0.416 e. The van der Waals surface area contributed by atoms with Crippen molar-refractivity contribution in [2.45, 2.75) is 55.9 Å². The first-order valence-electron chi connectivity index (χ1n) is 11.9. The van der Waals surface area contributed by atoms with E-state index in [2.05, 4.69) is 15.6 Å². The lowest BCUT2D eigenvalue weighted by molar-refractivity contribution is -0.137. The third-order valence-corrected chi connectivity index (χ3v) is 6.85. The van der Waals surface area contributed by atoms with Crippen molar-refractivity contribution in [3.05, 3.63) is 100 Å². The second-order valence-corrected chi connectivity index (χ2v) is 9.80. The van der Waals surface area contributed by atoms with Gasteiger partial charge in [-0.25, -0.2) is 9.18 Å². The van der Waals surface area contributed by atoms with Gasteiger partial charge in [-0.1, -0.05) is 41.9 Å². The molecule has 4 N–H and O–H groups in total. The number of pyridine rings is 1. The molecule has 2 amide bonds. The van der Waals surface area contributed by atoms with E-state index in [4.69, 9.17) is 17.3 Å². The maximum absolute atomic E-state index is 14.7. The average Bonchev–Trinajstić information content (AvgIpc) is 2.85. The van der Waals surface area contributed by atoms with E-state index < -0.39 is 29.1 Å². The number of carbonyl (C=O) groups excluding carboxylic acids is 1. The maximum Gasteiger partial charge on any atom is 0.416 e. The van der Waals surface area contributed by atoms with Crippen molar-refractivity contribution in [1.82, 2.24) is 15.6 Å². The van der Waals surface area contributed by atoms with Crippen LogP contribution in [0.15, 0.2) is 66.9 Å². The van der Waals surface area contributed by atoms with Crippen molar-refractivity contribution in [3.8, 4) is 0 Å². The van der Waals surface area contributed by atoms with Crippen LogP contribution in [0.5, 0.6) is 0 Å². The molecule has 196 valence electrons. The summed E-state index contributed by atoms with van der Waals surface area (Å²) in [5.74, 6) is -1.08. The summed E-state index contributed by atoms with van der Waals surface area (Å²) in [4.78, 5) is 17.7. The lowest BCUT2D eigenvalue weighted by atomic mass is 9.79. The molecule has 1 aliphatic rings. The van der Waals surface area contributed by atoms with Gasteiger partial charge in [-0.15, -0.1) is 0 Å². The van der Waals surface area contributed by atoms with Crippen LogP contribution >= 0.6 is 11.6 Å². The quantitative estimate of drug-likeness (QED) is 0.342. The Balaban J connectivity index is 1.84. The van der Waals surface area contributed by atoms with Gasteiger partial charge in [0.25, 0.3) is 0 Å². The van der Waals surface area contributed by atoms with E-state index >= 15 is 0 Å². The van der Waals surface area contributed by atoms with Crippen LogP contribution in [0.2, 0.25) is 5.02 Å². The molecular formula is C27H27ClF4N4O. The zero-order valence-corrected chi connectivity index (χ0v) is 20.6. The van der Waals surface area contributed by atoms with Crippen molar-refractivity contribution in [3.63, 3.8) is 0 Å². The second kappa shape index (κ2) is 11.1. The van der Waals surface area contributed by atoms with Crippen molar-refractivity contribution in [1.29, 1.82) is 0 Å². The highest BCUT2D eigenvalue weighted by molar-refractivity contribution is 6.30. The Morgan fingerprint density at radius 3 is 2.30 bits per heavy atom. The first-order valence-corrected chi connectivity index (χ1v) is 12.3. The van der Waals surface area contributed by atoms with E-state index in [1.165, 1.54) is 18.3 Å². The monoisotopic (exact) mass is 534 g/mol. The summed E-state index contributed by atoms with van der Waals surface area (Å²) in [6.07, 6.45) is -0.606. The molecule has 10 heteroatoms. The molecular weight excluding hydrogens is 508 g/mol. The third kappa shape index (κ3) is 6.59. The highest BCUT2D eigenvalue weighted by Crippen LogP contribution is 2.38. The first kappa shape index (κ1) is 26.9. The molecule has 0 spiro atoms. The number of hydrogen-bond acceptors (Lipinski definition) is 3. The van der Waals surface area contributed by atoms with Crippen LogP contribution in [-0.2, 0) is 18.1 Å². The number of nitrogens with zero attached hydrogens (tertiary/aromatic N) is 1. The van der Waals surface area contributed by atoms with E-state index in [0.29, 0.717) is 29.5 Å². The van der Waals surface area contributed by atoms with Crippen molar-refractivity contribution in [2.24, 2.45) is 5.73 Å². The summed E-state index contributed by atoms with van der Waals surface area (Å²) < 4.78 is 55.8. The Bertz CT molecular complexity index is 1220.